The molecule has 16 heteroatoms. The Bertz CT molecular complexity index is 7200. The van der Waals surface area contributed by atoms with Crippen molar-refractivity contribution >= 4 is 132 Å². The van der Waals surface area contributed by atoms with Crippen LogP contribution in [0.4, 0.5) is 0 Å². The van der Waals surface area contributed by atoms with Gasteiger partial charge in [0.25, 0.3) is 0 Å². The molecule has 0 amide bonds. The molecule has 108 heavy (non-hydrogen) atoms. The predicted molar refractivity (Wildman–Crippen MR) is 439 cm³/mol. The van der Waals surface area contributed by atoms with Crippen molar-refractivity contribution in [1.29, 1.82) is 0 Å². The third-order valence-electron chi connectivity index (χ3n) is 20.3. The summed E-state index contributed by atoms with van der Waals surface area (Å²) >= 11 is 2.47. The number of fused-ring (bicyclic) bond motifs is 16. The molecule has 0 spiro atoms. The monoisotopic (exact) mass is 1420 g/mol. The maximum absolute atomic E-state index is 5.15. The number of hydrogen-bond donors (Lipinski definition) is 0. The summed E-state index contributed by atoms with van der Waals surface area (Å²) in [5.74, 6) is 3.65. The quantitative estimate of drug-likeness (QED) is 0.119. The predicted octanol–water partition coefficient (Wildman–Crippen LogP) is 22.7. The van der Waals surface area contributed by atoms with Crippen LogP contribution < -0.4 is 0 Å². The first-order valence-electron chi connectivity index (χ1n) is 35.4. The molecule has 0 unspecified atom stereocenters. The highest BCUT2D eigenvalue weighted by Gasteiger charge is 2.22. The lowest BCUT2D eigenvalue weighted by Crippen LogP contribution is -2.01. The molecule has 8 heterocycles. The molecule has 14 aromatic carbocycles. The van der Waals surface area contributed by atoms with Gasteiger partial charge in [0.2, 0.25) is 0 Å². The number of hydrogen-bond acceptors (Lipinski definition) is 14. The number of benzene rings is 14. The van der Waals surface area contributed by atoms with E-state index in [2.05, 4.69) is 257 Å². The van der Waals surface area contributed by atoms with E-state index in [4.69, 9.17) is 39.9 Å². The minimum Gasteiger partial charge on any atom is -0.309 e. The first-order valence-corrected chi connectivity index (χ1v) is 36.9. The molecule has 0 atom stereocenters. The third kappa shape index (κ3) is 10.7. The van der Waals surface area contributed by atoms with E-state index in [-0.39, 0.29) is 0 Å². The topological polar surface area (TPSA) is 165 Å². The molecule has 0 radical (unpaired) electrons. The summed E-state index contributed by atoms with van der Waals surface area (Å²) in [6.07, 6.45) is 0. The van der Waals surface area contributed by atoms with Crippen LogP contribution >= 0.6 is 23.5 Å². The van der Waals surface area contributed by atoms with Crippen LogP contribution in [0, 0.1) is 0 Å². The van der Waals surface area contributed by atoms with E-state index in [0.29, 0.717) is 34.9 Å². The van der Waals surface area contributed by atoms with Crippen molar-refractivity contribution in [3.8, 4) is 102 Å². The van der Waals surface area contributed by atoms with Gasteiger partial charge in [-0.15, -0.1) is 0 Å². The first-order chi connectivity index (χ1) is 53.5. The average Bonchev–Trinajstić information content (AvgIpc) is 1.19. The van der Waals surface area contributed by atoms with Crippen molar-refractivity contribution in [2.75, 3.05) is 0 Å². The lowest BCUT2D eigenvalue weighted by atomic mass is 9.98. The lowest BCUT2D eigenvalue weighted by molar-refractivity contribution is 1.07. The molecule has 8 aromatic heterocycles. The van der Waals surface area contributed by atoms with Gasteiger partial charge in [-0.3, -0.25) is 0 Å². The Morgan fingerprint density at radius 1 is 0.194 bits per heavy atom. The highest BCUT2D eigenvalue weighted by Crippen LogP contribution is 2.42. The van der Waals surface area contributed by atoms with Gasteiger partial charge in [-0.2, -0.15) is 17.5 Å². The van der Waals surface area contributed by atoms with E-state index in [1.807, 2.05) is 97.1 Å². The number of pyridine rings is 2. The number of para-hydroxylation sites is 6. The third-order valence-corrected chi connectivity index (χ3v) is 21.3. The highest BCUT2D eigenvalue weighted by atomic mass is 32.1. The first kappa shape index (κ1) is 62.3. The zero-order valence-electron chi connectivity index (χ0n) is 57.3. The normalized spacial score (nSPS) is 11.7. The molecule has 504 valence electrons. The Kier molecular flexibility index (Phi) is 14.9. The Morgan fingerprint density at radius 2 is 0.509 bits per heavy atom. The molecule has 22 aromatic rings. The fourth-order valence-corrected chi connectivity index (χ4v) is 16.3. The van der Waals surface area contributed by atoms with Gasteiger partial charge < -0.3 is 9.13 Å². The maximum atomic E-state index is 5.15. The average molecular weight is 1420 g/mol. The van der Waals surface area contributed by atoms with Crippen LogP contribution in [0.1, 0.15) is 0 Å². The van der Waals surface area contributed by atoms with E-state index < -0.39 is 0 Å². The SMILES string of the molecule is c1ccc(-c2nc(-c3ccc(-c4nc5ccccc5c5c4ccc4nsnc45)cc3)nc(-c3ccc(-n4c5ccccc5c5ccccc54)cc3)n2)cc1.c1ccc(-c2nc(-c3ccc(-c4nc5ccccc5c5c4ccc4nsnc45)cc3)nc(-c3cccc(-n4c5ccccc5c5ccccc54)c3)n2)cc1. The molecule has 0 saturated carbocycles. The molecule has 0 saturated heterocycles. The summed E-state index contributed by atoms with van der Waals surface area (Å²) in [5, 5.41) is 11.3. The smallest absolute Gasteiger partial charge is 0.164 e. The lowest BCUT2D eigenvalue weighted by Gasteiger charge is -2.12. The second kappa shape index (κ2) is 25.8. The van der Waals surface area contributed by atoms with E-state index in [1.165, 1.54) is 56.0 Å². The zero-order chi connectivity index (χ0) is 71.2. The van der Waals surface area contributed by atoms with Gasteiger partial charge >= 0.3 is 0 Å². The van der Waals surface area contributed by atoms with Crippen molar-refractivity contribution in [3.05, 3.63) is 328 Å². The van der Waals surface area contributed by atoms with Crippen LogP contribution in [-0.2, 0) is 0 Å². The minimum atomic E-state index is 0.597. The standard InChI is InChI=1S/2C46H27N7S/c1-2-11-29(12-3-1)44-48-45(50-46(49-44)31-13-10-14-32(27-31)53-39-19-8-5-15-33(39)34-16-6-9-20-40(34)53)30-23-21-28(22-24-30)42-36-25-26-38-43(52-54-51-38)41(36)35-17-4-7-18-37(35)47-42;1-2-10-29(11-3-1)44-48-45(50-46(49-44)31-22-24-32(25-23-31)53-39-16-8-5-12-33(39)34-13-6-9-17-40(34)53)30-20-18-28(19-21-30)42-36-26-27-38-43(52-54-51-38)41(36)35-14-4-7-15-37(35)47-42/h2*1-27H. The highest BCUT2D eigenvalue weighted by molar-refractivity contribution is 7.00. The van der Waals surface area contributed by atoms with E-state index in [1.54, 1.807) is 0 Å². The molecule has 0 N–H and O–H groups in total. The van der Waals surface area contributed by atoms with E-state index in [0.717, 1.165) is 144 Å². The number of nitrogens with zero attached hydrogens (tertiary/aromatic N) is 14. The zero-order valence-corrected chi connectivity index (χ0v) is 58.9. The van der Waals surface area contributed by atoms with Gasteiger partial charge in [0, 0.05) is 110 Å². The Morgan fingerprint density at radius 3 is 0.917 bits per heavy atom. The molecule has 14 nitrogen and oxygen atoms in total. The Labute approximate surface area is 624 Å². The number of aromatic nitrogens is 14. The van der Waals surface area contributed by atoms with Crippen LogP contribution in [-0.4, -0.2) is 66.5 Å². The Hall–Kier alpha value is -14.3. The second-order valence-corrected chi connectivity index (χ2v) is 27.6. The van der Waals surface area contributed by atoms with E-state index in [9.17, 15) is 0 Å². The summed E-state index contributed by atoms with van der Waals surface area (Å²) < 4.78 is 23.0. The fraction of sp³-hybridized carbons (Fsp3) is 0. The molecular weight excluding hydrogens is 1370 g/mol. The van der Waals surface area contributed by atoms with Gasteiger partial charge in [0.05, 0.1) is 67.9 Å². The van der Waals surface area contributed by atoms with Crippen molar-refractivity contribution in [2.24, 2.45) is 0 Å². The van der Waals surface area contributed by atoms with Crippen LogP contribution in [0.5, 0.6) is 0 Å². The van der Waals surface area contributed by atoms with Crippen LogP contribution in [0.2, 0.25) is 0 Å². The summed E-state index contributed by atoms with van der Waals surface area (Å²) in [4.78, 5) is 40.5. The Balaban J connectivity index is 0.000000138. The van der Waals surface area contributed by atoms with Crippen LogP contribution in [0.15, 0.2) is 328 Å². The molecule has 0 aliphatic heterocycles. The van der Waals surface area contributed by atoms with Crippen LogP contribution in [0.25, 0.3) is 211 Å². The van der Waals surface area contributed by atoms with Crippen molar-refractivity contribution in [1.82, 2.24) is 66.5 Å². The minimum absolute atomic E-state index is 0.597. The molecule has 22 rings (SSSR count). The summed E-state index contributed by atoms with van der Waals surface area (Å²) in [6.45, 7) is 0. The van der Waals surface area contributed by atoms with E-state index >= 15 is 0 Å². The van der Waals surface area contributed by atoms with Gasteiger partial charge in [-0.1, -0.05) is 231 Å². The summed E-state index contributed by atoms with van der Waals surface area (Å²) in [7, 11) is 0. The van der Waals surface area contributed by atoms with Crippen LogP contribution in [0.3, 0.4) is 0 Å². The van der Waals surface area contributed by atoms with Gasteiger partial charge in [-0.25, -0.2) is 39.9 Å². The van der Waals surface area contributed by atoms with Crippen molar-refractivity contribution < 1.29 is 0 Å². The van der Waals surface area contributed by atoms with Gasteiger partial charge in [0.1, 0.15) is 22.1 Å². The summed E-state index contributed by atoms with van der Waals surface area (Å²) in [6, 6.07) is 113. The number of rotatable bonds is 10. The van der Waals surface area contributed by atoms with Crippen molar-refractivity contribution in [2.45, 2.75) is 0 Å². The molecular formula is C92H54N14S2. The fourth-order valence-electron chi connectivity index (χ4n) is 15.2. The van der Waals surface area contributed by atoms with Crippen molar-refractivity contribution in [3.63, 3.8) is 0 Å². The molecule has 0 fully saturated rings. The molecule has 0 aliphatic carbocycles. The maximum Gasteiger partial charge on any atom is 0.164 e. The second-order valence-electron chi connectivity index (χ2n) is 26.5. The summed E-state index contributed by atoms with van der Waals surface area (Å²) in [5.41, 5.74) is 21.4. The largest absolute Gasteiger partial charge is 0.309 e. The molecule has 0 aliphatic rings. The van der Waals surface area contributed by atoms with Gasteiger partial charge in [0.15, 0.2) is 34.9 Å². The van der Waals surface area contributed by atoms with Gasteiger partial charge in [-0.05, 0) is 97.1 Å². The molecule has 0 bridgehead atoms.